The summed E-state index contributed by atoms with van der Waals surface area (Å²) in [6, 6.07) is 13.3. The molecule has 10 nitrogen and oxygen atoms in total. The molecular weight excluding hydrogens is 626 g/mol. The van der Waals surface area contributed by atoms with Crippen molar-refractivity contribution in [1.82, 2.24) is 4.90 Å². The number of hydrogen-bond donors (Lipinski definition) is 3. The van der Waals surface area contributed by atoms with E-state index < -0.39 is 39.5 Å². The van der Waals surface area contributed by atoms with Gasteiger partial charge in [-0.3, -0.25) is 4.90 Å². The van der Waals surface area contributed by atoms with Crippen LogP contribution in [0.25, 0.3) is 11.1 Å². The van der Waals surface area contributed by atoms with Gasteiger partial charge in [0.2, 0.25) is 0 Å². The Morgan fingerprint density at radius 1 is 0.933 bits per heavy atom. The summed E-state index contributed by atoms with van der Waals surface area (Å²) >= 11 is 0. The molecule has 3 N–H and O–H groups in total. The van der Waals surface area contributed by atoms with Crippen LogP contribution < -0.4 is 0 Å². The quantitative estimate of drug-likeness (QED) is 0.158. The third kappa shape index (κ3) is 10.7. The molecule has 244 valence electrons. The van der Waals surface area contributed by atoms with Gasteiger partial charge < -0.3 is 24.8 Å². The number of carbonyl (C=O) groups excluding carboxylic acids is 1. The molecule has 0 aromatic heterocycles. The number of morpholine rings is 1. The molecule has 0 aliphatic carbocycles. The number of nitrogens with zero attached hydrogens (tertiary/aromatic N) is 1. The Labute approximate surface area is 256 Å². The smallest absolute Gasteiger partial charge is 0.490 e. The number of unbranched alkanes of at least 4 members (excludes halogenated alkanes) is 1. The lowest BCUT2D eigenvalue weighted by atomic mass is 10.0. The van der Waals surface area contributed by atoms with Gasteiger partial charge in [-0.05, 0) is 73.0 Å². The summed E-state index contributed by atoms with van der Waals surface area (Å²) in [7, 11) is -3.86. The Morgan fingerprint density at radius 2 is 1.62 bits per heavy atom. The summed E-state index contributed by atoms with van der Waals surface area (Å²) in [4.78, 5) is 23.6. The highest BCUT2D eigenvalue weighted by Gasteiger charge is 2.38. The molecule has 45 heavy (non-hydrogen) atoms. The summed E-state index contributed by atoms with van der Waals surface area (Å²) in [5.74, 6) is -4.97. The fourth-order valence-corrected chi connectivity index (χ4v) is 5.62. The third-order valence-electron chi connectivity index (χ3n) is 6.55. The van der Waals surface area contributed by atoms with Crippen LogP contribution in [0.5, 0.6) is 11.5 Å². The van der Waals surface area contributed by atoms with Crippen molar-refractivity contribution in [3.63, 3.8) is 0 Å². The van der Waals surface area contributed by atoms with Crippen LogP contribution in [0.1, 0.15) is 28.8 Å². The van der Waals surface area contributed by atoms with Gasteiger partial charge in [0.1, 0.15) is 22.9 Å². The van der Waals surface area contributed by atoms with Gasteiger partial charge in [-0.1, -0.05) is 18.2 Å². The zero-order chi connectivity index (χ0) is 33.2. The molecule has 1 fully saturated rings. The minimum absolute atomic E-state index is 0.0290. The summed E-state index contributed by atoms with van der Waals surface area (Å²) in [5.41, 5.74) is 0.754. The maximum Gasteiger partial charge on any atom is 0.490 e. The normalized spacial score (nSPS) is 13.9. The van der Waals surface area contributed by atoms with Crippen molar-refractivity contribution >= 4 is 21.8 Å². The second-order valence-electron chi connectivity index (χ2n) is 9.90. The number of alkyl halides is 3. The van der Waals surface area contributed by atoms with Crippen molar-refractivity contribution in [2.75, 3.05) is 39.5 Å². The number of sulfone groups is 1. The molecule has 3 aromatic carbocycles. The molecule has 1 aliphatic heterocycles. The first-order chi connectivity index (χ1) is 21.2. The van der Waals surface area contributed by atoms with E-state index in [1.807, 2.05) is 0 Å². The summed E-state index contributed by atoms with van der Waals surface area (Å²) in [5, 5.41) is 27.6. The van der Waals surface area contributed by atoms with Gasteiger partial charge in [0, 0.05) is 18.7 Å². The van der Waals surface area contributed by atoms with Crippen molar-refractivity contribution in [1.29, 1.82) is 0 Å². The van der Waals surface area contributed by atoms with Crippen LogP contribution in [0, 0.1) is 5.82 Å². The lowest BCUT2D eigenvalue weighted by Crippen LogP contribution is -2.36. The third-order valence-corrected chi connectivity index (χ3v) is 8.24. The number of rotatable bonds is 10. The molecule has 0 amide bonds. The first-order valence-electron chi connectivity index (χ1n) is 13.6. The number of benzene rings is 3. The Balaban J connectivity index is 0.000000707. The SMILES string of the molecule is O=C(O)C(F)(F)F.O=C(OCCCCN1CCOCC1)c1ccc(CS(=O)(=O)c2cccc(-c3cc(F)ccc3O)c2)cc1O. The molecule has 0 atom stereocenters. The molecule has 4 rings (SSSR count). The number of hydrogen-bond acceptors (Lipinski definition) is 9. The predicted octanol–water partition coefficient (Wildman–Crippen LogP) is 4.78. The standard InChI is InChI=1S/C28H30FNO7S.C2HF3O2/c29-22-7-9-26(31)25(18-22)21-4-3-5-23(17-21)38(34,35)19-20-6-8-24(27(32)16-20)28(33)37-13-2-1-10-30-11-14-36-15-12-30;3-2(4,5)1(6)7/h3-9,16-18,31-32H,1-2,10-15,19H2;(H,6,7). The highest BCUT2D eigenvalue weighted by Crippen LogP contribution is 2.32. The van der Waals surface area contributed by atoms with Crippen molar-refractivity contribution in [3.05, 3.63) is 77.6 Å². The second-order valence-corrected chi connectivity index (χ2v) is 11.9. The average Bonchev–Trinajstić information content (AvgIpc) is 2.98. The zero-order valence-corrected chi connectivity index (χ0v) is 24.6. The molecule has 0 spiro atoms. The summed E-state index contributed by atoms with van der Waals surface area (Å²) in [6.07, 6.45) is -3.53. The number of esters is 1. The van der Waals surface area contributed by atoms with Crippen molar-refractivity contribution in [2.24, 2.45) is 0 Å². The number of carbonyl (C=O) groups is 2. The molecule has 0 bridgehead atoms. The van der Waals surface area contributed by atoms with Crippen LogP contribution in [0.2, 0.25) is 0 Å². The van der Waals surface area contributed by atoms with Crippen LogP contribution in [-0.2, 0) is 29.9 Å². The number of phenolic OH excluding ortho intramolecular Hbond substituents is 2. The number of aliphatic carboxylic acids is 1. The van der Waals surface area contributed by atoms with Crippen LogP contribution in [-0.4, -0.2) is 86.2 Å². The van der Waals surface area contributed by atoms with E-state index >= 15 is 0 Å². The minimum Gasteiger partial charge on any atom is -0.507 e. The van der Waals surface area contributed by atoms with Crippen molar-refractivity contribution in [2.45, 2.75) is 29.7 Å². The topological polar surface area (TPSA) is 151 Å². The molecule has 1 saturated heterocycles. The minimum atomic E-state index is -5.08. The highest BCUT2D eigenvalue weighted by atomic mass is 32.2. The van der Waals surface area contributed by atoms with Gasteiger partial charge in [-0.2, -0.15) is 13.2 Å². The Morgan fingerprint density at radius 3 is 2.27 bits per heavy atom. The van der Waals surface area contributed by atoms with Crippen LogP contribution >= 0.6 is 0 Å². The maximum atomic E-state index is 13.7. The van der Waals surface area contributed by atoms with E-state index in [1.165, 1.54) is 42.5 Å². The van der Waals surface area contributed by atoms with E-state index in [-0.39, 0.29) is 39.7 Å². The van der Waals surface area contributed by atoms with E-state index in [0.717, 1.165) is 51.4 Å². The van der Waals surface area contributed by atoms with E-state index in [2.05, 4.69) is 4.90 Å². The maximum absolute atomic E-state index is 13.7. The monoisotopic (exact) mass is 657 g/mol. The summed E-state index contributed by atoms with van der Waals surface area (Å²) in [6.45, 7) is 4.39. The van der Waals surface area contributed by atoms with E-state index in [1.54, 1.807) is 6.07 Å². The second kappa shape index (κ2) is 15.7. The van der Waals surface area contributed by atoms with Crippen molar-refractivity contribution in [3.8, 4) is 22.6 Å². The van der Waals surface area contributed by atoms with Crippen LogP contribution in [0.3, 0.4) is 0 Å². The Hall–Kier alpha value is -4.21. The fraction of sp³-hybridized carbons (Fsp3) is 0.333. The average molecular weight is 658 g/mol. The van der Waals surface area contributed by atoms with E-state index in [0.29, 0.717) is 12.0 Å². The van der Waals surface area contributed by atoms with Gasteiger partial charge in [0.05, 0.1) is 30.5 Å². The number of halogens is 4. The van der Waals surface area contributed by atoms with Gasteiger partial charge in [0.25, 0.3) is 0 Å². The molecule has 0 radical (unpaired) electrons. The highest BCUT2D eigenvalue weighted by molar-refractivity contribution is 7.90. The predicted molar refractivity (Wildman–Crippen MR) is 153 cm³/mol. The summed E-state index contributed by atoms with van der Waals surface area (Å²) < 4.78 is 82.1. The Kier molecular flexibility index (Phi) is 12.3. The first-order valence-corrected chi connectivity index (χ1v) is 15.2. The van der Waals surface area contributed by atoms with Gasteiger partial charge in [-0.15, -0.1) is 0 Å². The molecule has 1 aliphatic rings. The Bertz CT molecular complexity index is 1590. The number of phenols is 2. The lowest BCUT2D eigenvalue weighted by molar-refractivity contribution is -0.192. The molecule has 3 aromatic rings. The number of carboxylic acid groups (broad SMARTS) is 1. The molecule has 0 saturated carbocycles. The van der Waals surface area contributed by atoms with Gasteiger partial charge in [0.15, 0.2) is 9.84 Å². The molecular formula is C30H31F4NO9S. The molecule has 15 heteroatoms. The fourth-order valence-electron chi connectivity index (χ4n) is 4.24. The van der Waals surface area contributed by atoms with Crippen molar-refractivity contribution < 1.29 is 60.4 Å². The molecule has 1 heterocycles. The zero-order valence-electron chi connectivity index (χ0n) is 23.8. The number of aromatic hydroxyl groups is 2. The van der Waals surface area contributed by atoms with Crippen LogP contribution in [0.4, 0.5) is 17.6 Å². The van der Waals surface area contributed by atoms with Gasteiger partial charge in [-0.25, -0.2) is 22.4 Å². The van der Waals surface area contributed by atoms with Crippen LogP contribution in [0.15, 0.2) is 65.6 Å². The first kappa shape index (κ1) is 35.3. The van der Waals surface area contributed by atoms with Gasteiger partial charge >= 0.3 is 18.1 Å². The number of carboxylic acids is 1. The largest absolute Gasteiger partial charge is 0.507 e. The van der Waals surface area contributed by atoms with E-state index in [4.69, 9.17) is 19.4 Å². The number of ether oxygens (including phenoxy) is 2. The molecule has 0 unspecified atom stereocenters. The van der Waals surface area contributed by atoms with E-state index in [9.17, 15) is 41.0 Å². The lowest BCUT2D eigenvalue weighted by Gasteiger charge is -2.26.